The van der Waals surface area contributed by atoms with Crippen LogP contribution in [0.3, 0.4) is 0 Å². The molecule has 0 saturated heterocycles. The standard InChI is InChI=1S/C17H21FN2O/c1-12-5-6-14(18)16(9-12)21-15-7-8-19-10-13(15)11-20-17(2,3)4/h5-10,20H,11H2,1-4H3. The van der Waals surface area contributed by atoms with Crippen molar-refractivity contribution in [1.82, 2.24) is 10.3 Å². The molecule has 3 nitrogen and oxygen atoms in total. The number of pyridine rings is 1. The Morgan fingerprint density at radius 3 is 2.67 bits per heavy atom. The van der Waals surface area contributed by atoms with Crippen molar-refractivity contribution >= 4 is 0 Å². The van der Waals surface area contributed by atoms with Crippen molar-refractivity contribution in [2.75, 3.05) is 0 Å². The Kier molecular flexibility index (Phi) is 4.58. The van der Waals surface area contributed by atoms with Crippen molar-refractivity contribution in [2.24, 2.45) is 0 Å². The van der Waals surface area contributed by atoms with Crippen LogP contribution in [0.4, 0.5) is 4.39 Å². The Morgan fingerprint density at radius 1 is 1.19 bits per heavy atom. The van der Waals surface area contributed by atoms with E-state index in [4.69, 9.17) is 4.74 Å². The van der Waals surface area contributed by atoms with Gasteiger partial charge in [-0.05, 0) is 51.5 Å². The summed E-state index contributed by atoms with van der Waals surface area (Å²) in [6.45, 7) is 8.78. The third kappa shape index (κ3) is 4.53. The number of ether oxygens (including phenoxy) is 1. The highest BCUT2D eigenvalue weighted by Gasteiger charge is 2.13. The minimum atomic E-state index is -0.368. The van der Waals surface area contributed by atoms with Crippen LogP contribution in [0.5, 0.6) is 11.5 Å². The lowest BCUT2D eigenvalue weighted by molar-refractivity contribution is 0.406. The molecule has 0 atom stereocenters. The van der Waals surface area contributed by atoms with E-state index in [1.807, 2.05) is 6.92 Å². The first-order valence-electron chi connectivity index (χ1n) is 6.97. The molecule has 0 unspecified atom stereocenters. The van der Waals surface area contributed by atoms with Crippen molar-refractivity contribution < 1.29 is 9.13 Å². The molecule has 0 fully saturated rings. The number of nitrogens with zero attached hydrogens (tertiary/aromatic N) is 1. The average Bonchev–Trinajstić information content (AvgIpc) is 2.41. The summed E-state index contributed by atoms with van der Waals surface area (Å²) in [5.74, 6) is 0.483. The van der Waals surface area contributed by atoms with Crippen LogP contribution in [0.25, 0.3) is 0 Å². The maximum atomic E-state index is 13.8. The van der Waals surface area contributed by atoms with Gasteiger partial charge in [-0.25, -0.2) is 4.39 Å². The zero-order chi connectivity index (χ0) is 15.5. The molecule has 1 N–H and O–H groups in total. The summed E-state index contributed by atoms with van der Waals surface area (Å²) in [6, 6.07) is 6.58. The normalized spacial score (nSPS) is 11.5. The Balaban J connectivity index is 2.22. The fraction of sp³-hybridized carbons (Fsp3) is 0.353. The number of nitrogens with one attached hydrogen (secondary N) is 1. The minimum Gasteiger partial charge on any atom is -0.454 e. The number of benzene rings is 1. The molecule has 0 aliphatic heterocycles. The first kappa shape index (κ1) is 15.4. The molecule has 112 valence electrons. The van der Waals surface area contributed by atoms with Crippen LogP contribution in [-0.4, -0.2) is 10.5 Å². The monoisotopic (exact) mass is 288 g/mol. The van der Waals surface area contributed by atoms with E-state index in [2.05, 4.69) is 31.1 Å². The lowest BCUT2D eigenvalue weighted by Crippen LogP contribution is -2.35. The highest BCUT2D eigenvalue weighted by molar-refractivity contribution is 5.38. The van der Waals surface area contributed by atoms with Gasteiger partial charge in [-0.1, -0.05) is 6.07 Å². The van der Waals surface area contributed by atoms with Gasteiger partial charge >= 0.3 is 0 Å². The minimum absolute atomic E-state index is 0.0122. The molecule has 4 heteroatoms. The Hall–Kier alpha value is -1.94. The van der Waals surface area contributed by atoms with Crippen LogP contribution in [0.2, 0.25) is 0 Å². The molecule has 21 heavy (non-hydrogen) atoms. The summed E-state index contributed by atoms with van der Waals surface area (Å²) in [7, 11) is 0. The molecule has 1 aromatic heterocycles. The van der Waals surface area contributed by atoms with Crippen molar-refractivity contribution in [1.29, 1.82) is 0 Å². The predicted octanol–water partition coefficient (Wildman–Crippen LogP) is 4.21. The largest absolute Gasteiger partial charge is 0.454 e. The average molecular weight is 288 g/mol. The number of aryl methyl sites for hydroxylation is 1. The molecule has 0 amide bonds. The molecule has 0 spiro atoms. The van der Waals surface area contributed by atoms with Gasteiger partial charge in [0, 0.05) is 30.0 Å². The number of aromatic nitrogens is 1. The van der Waals surface area contributed by atoms with E-state index in [9.17, 15) is 4.39 Å². The Morgan fingerprint density at radius 2 is 1.95 bits per heavy atom. The zero-order valence-corrected chi connectivity index (χ0v) is 12.9. The van der Waals surface area contributed by atoms with E-state index >= 15 is 0 Å². The summed E-state index contributed by atoms with van der Waals surface area (Å²) in [5.41, 5.74) is 1.84. The third-order valence-corrected chi connectivity index (χ3v) is 2.97. The van der Waals surface area contributed by atoms with E-state index in [0.717, 1.165) is 11.1 Å². The van der Waals surface area contributed by atoms with E-state index in [1.165, 1.54) is 6.07 Å². The summed E-state index contributed by atoms with van der Waals surface area (Å²) in [4.78, 5) is 4.11. The lowest BCUT2D eigenvalue weighted by Gasteiger charge is -2.21. The molecular formula is C17H21FN2O. The third-order valence-electron chi connectivity index (χ3n) is 2.97. The number of rotatable bonds is 4. The number of hydrogen-bond donors (Lipinski definition) is 1. The van der Waals surface area contributed by atoms with Gasteiger partial charge in [0.2, 0.25) is 0 Å². The van der Waals surface area contributed by atoms with Gasteiger partial charge < -0.3 is 10.1 Å². The first-order chi connectivity index (χ1) is 9.85. The van der Waals surface area contributed by atoms with E-state index in [1.54, 1.807) is 30.6 Å². The van der Waals surface area contributed by atoms with Crippen LogP contribution in [0.1, 0.15) is 31.9 Å². The highest BCUT2D eigenvalue weighted by Crippen LogP contribution is 2.28. The molecule has 1 heterocycles. The Bertz CT molecular complexity index is 620. The van der Waals surface area contributed by atoms with Crippen LogP contribution >= 0.6 is 0 Å². The van der Waals surface area contributed by atoms with Crippen molar-refractivity contribution in [3.05, 3.63) is 53.6 Å². The molecule has 0 bridgehead atoms. The SMILES string of the molecule is Cc1ccc(F)c(Oc2ccncc2CNC(C)(C)C)c1. The fourth-order valence-electron chi connectivity index (χ4n) is 1.81. The van der Waals surface area contributed by atoms with Crippen molar-refractivity contribution in [2.45, 2.75) is 39.8 Å². The van der Waals surface area contributed by atoms with Gasteiger partial charge in [0.1, 0.15) is 5.75 Å². The van der Waals surface area contributed by atoms with Crippen molar-refractivity contribution in [3.63, 3.8) is 0 Å². The molecule has 0 radical (unpaired) electrons. The molecule has 1 aromatic carbocycles. The number of halogens is 1. The topological polar surface area (TPSA) is 34.1 Å². The fourth-order valence-corrected chi connectivity index (χ4v) is 1.81. The maximum Gasteiger partial charge on any atom is 0.165 e. The van der Waals surface area contributed by atoms with E-state index in [0.29, 0.717) is 12.3 Å². The van der Waals surface area contributed by atoms with Gasteiger partial charge in [0.25, 0.3) is 0 Å². The highest BCUT2D eigenvalue weighted by atomic mass is 19.1. The van der Waals surface area contributed by atoms with Gasteiger partial charge in [-0.2, -0.15) is 0 Å². The van der Waals surface area contributed by atoms with Crippen LogP contribution < -0.4 is 10.1 Å². The van der Waals surface area contributed by atoms with Crippen LogP contribution in [0.15, 0.2) is 36.7 Å². The molecule has 0 saturated carbocycles. The van der Waals surface area contributed by atoms with E-state index < -0.39 is 0 Å². The summed E-state index contributed by atoms with van der Waals surface area (Å²) < 4.78 is 19.5. The zero-order valence-electron chi connectivity index (χ0n) is 12.9. The second kappa shape index (κ2) is 6.22. The number of hydrogen-bond acceptors (Lipinski definition) is 3. The van der Waals surface area contributed by atoms with Gasteiger partial charge in [0.15, 0.2) is 11.6 Å². The molecule has 2 rings (SSSR count). The quantitative estimate of drug-likeness (QED) is 0.915. The second-order valence-electron chi connectivity index (χ2n) is 6.12. The van der Waals surface area contributed by atoms with Crippen molar-refractivity contribution in [3.8, 4) is 11.5 Å². The molecular weight excluding hydrogens is 267 g/mol. The van der Waals surface area contributed by atoms with Gasteiger partial charge in [0.05, 0.1) is 0 Å². The summed E-state index contributed by atoms with van der Waals surface area (Å²) >= 11 is 0. The van der Waals surface area contributed by atoms with Crippen LogP contribution in [0, 0.1) is 12.7 Å². The summed E-state index contributed by atoms with van der Waals surface area (Å²) in [6.07, 6.45) is 3.38. The molecule has 0 aliphatic rings. The van der Waals surface area contributed by atoms with Gasteiger partial charge in [-0.3, -0.25) is 4.98 Å². The lowest BCUT2D eigenvalue weighted by atomic mass is 10.1. The van der Waals surface area contributed by atoms with Crippen LogP contribution in [-0.2, 0) is 6.54 Å². The van der Waals surface area contributed by atoms with E-state index in [-0.39, 0.29) is 17.1 Å². The first-order valence-corrected chi connectivity index (χ1v) is 6.97. The smallest absolute Gasteiger partial charge is 0.165 e. The maximum absolute atomic E-state index is 13.8. The molecule has 0 aliphatic carbocycles. The molecule has 2 aromatic rings. The van der Waals surface area contributed by atoms with Gasteiger partial charge in [-0.15, -0.1) is 0 Å². The second-order valence-corrected chi connectivity index (χ2v) is 6.12. The Labute approximate surface area is 125 Å². The summed E-state index contributed by atoms with van der Waals surface area (Å²) in [5, 5.41) is 3.38. The predicted molar refractivity (Wildman–Crippen MR) is 82.0 cm³/mol.